The zero-order chi connectivity index (χ0) is 14.7. The molecule has 0 amide bonds. The Labute approximate surface area is 122 Å². The van der Waals surface area contributed by atoms with Gasteiger partial charge in [-0.25, -0.2) is 4.98 Å². The predicted octanol–water partition coefficient (Wildman–Crippen LogP) is 2.13. The first kappa shape index (κ1) is 13.8. The quantitative estimate of drug-likeness (QED) is 0.937. The summed E-state index contributed by atoms with van der Waals surface area (Å²) in [6, 6.07) is 7.61. The van der Waals surface area contributed by atoms with Gasteiger partial charge in [0.05, 0.1) is 5.69 Å². The Morgan fingerprint density at radius 1 is 1.14 bits per heavy atom. The van der Waals surface area contributed by atoms with E-state index in [1.165, 1.54) is 6.33 Å². The summed E-state index contributed by atoms with van der Waals surface area (Å²) >= 11 is 0. The zero-order valence-corrected chi connectivity index (χ0v) is 11.8. The molecule has 0 saturated carbocycles. The first-order valence-corrected chi connectivity index (χ1v) is 6.95. The van der Waals surface area contributed by atoms with E-state index >= 15 is 0 Å². The van der Waals surface area contributed by atoms with Gasteiger partial charge in [0.1, 0.15) is 12.1 Å². The van der Waals surface area contributed by atoms with Crippen LogP contribution >= 0.6 is 0 Å². The van der Waals surface area contributed by atoms with Crippen LogP contribution in [-0.2, 0) is 0 Å². The van der Waals surface area contributed by atoms with E-state index in [4.69, 9.17) is 4.74 Å². The summed E-state index contributed by atoms with van der Waals surface area (Å²) in [5, 5.41) is 3.32. The summed E-state index contributed by atoms with van der Waals surface area (Å²) in [6.45, 7) is 5.53. The normalized spacial score (nSPS) is 15.0. The van der Waals surface area contributed by atoms with Gasteiger partial charge in [-0.1, -0.05) is 0 Å². The van der Waals surface area contributed by atoms with E-state index < -0.39 is 5.82 Å². The Morgan fingerprint density at radius 2 is 1.86 bits per heavy atom. The second-order valence-corrected chi connectivity index (χ2v) is 4.91. The molecule has 110 valence electrons. The molecule has 2 heterocycles. The molecule has 21 heavy (non-hydrogen) atoms. The smallest absolute Gasteiger partial charge is 0.259 e. The summed E-state index contributed by atoms with van der Waals surface area (Å²) in [6.07, 6.45) is 1.29. The van der Waals surface area contributed by atoms with Gasteiger partial charge in [-0.2, -0.15) is 9.37 Å². The third-order valence-corrected chi connectivity index (χ3v) is 3.47. The van der Waals surface area contributed by atoms with Crippen molar-refractivity contribution in [3.63, 3.8) is 0 Å². The lowest BCUT2D eigenvalue weighted by Crippen LogP contribution is -2.43. The van der Waals surface area contributed by atoms with Gasteiger partial charge in [0.15, 0.2) is 0 Å². The minimum atomic E-state index is -0.524. The molecule has 1 aliphatic rings. The van der Waals surface area contributed by atoms with E-state index in [9.17, 15) is 4.39 Å². The van der Waals surface area contributed by atoms with Gasteiger partial charge in [-0.05, 0) is 31.2 Å². The van der Waals surface area contributed by atoms with Crippen LogP contribution in [0, 0.1) is 12.7 Å². The van der Waals surface area contributed by atoms with Crippen molar-refractivity contribution >= 4 is 5.69 Å². The third-order valence-electron chi connectivity index (χ3n) is 3.47. The number of hydrogen-bond donors (Lipinski definition) is 1. The van der Waals surface area contributed by atoms with Gasteiger partial charge >= 0.3 is 0 Å². The maximum absolute atomic E-state index is 13.8. The number of hydrogen-bond acceptors (Lipinski definition) is 5. The Kier molecular flexibility index (Phi) is 3.96. The van der Waals surface area contributed by atoms with E-state index in [1.54, 1.807) is 6.92 Å². The first-order valence-electron chi connectivity index (χ1n) is 6.95. The number of anilines is 1. The molecule has 5 nitrogen and oxygen atoms in total. The SMILES string of the molecule is Cc1ncnc(Oc2ccc(N3CCNCC3)cc2)c1F. The fourth-order valence-corrected chi connectivity index (χ4v) is 2.27. The minimum Gasteiger partial charge on any atom is -0.436 e. The molecule has 0 aliphatic carbocycles. The molecule has 1 aromatic heterocycles. The maximum atomic E-state index is 13.8. The lowest BCUT2D eigenvalue weighted by Gasteiger charge is -2.29. The Hall–Kier alpha value is -2.21. The van der Waals surface area contributed by atoms with Crippen LogP contribution < -0.4 is 15.0 Å². The minimum absolute atomic E-state index is 0.0441. The van der Waals surface area contributed by atoms with Crippen LogP contribution in [0.4, 0.5) is 10.1 Å². The van der Waals surface area contributed by atoms with Crippen LogP contribution in [0.25, 0.3) is 0 Å². The summed E-state index contributed by atoms with van der Waals surface area (Å²) in [5.74, 6) is -0.00742. The summed E-state index contributed by atoms with van der Waals surface area (Å²) in [4.78, 5) is 9.90. The molecule has 0 unspecified atom stereocenters. The fourth-order valence-electron chi connectivity index (χ4n) is 2.27. The van der Waals surface area contributed by atoms with Crippen molar-refractivity contribution in [3.8, 4) is 11.6 Å². The monoisotopic (exact) mass is 288 g/mol. The standard InChI is InChI=1S/C15H17FN4O/c1-11-14(16)15(19-10-18-11)21-13-4-2-12(3-5-13)20-8-6-17-7-9-20/h2-5,10,17H,6-9H2,1H3. The zero-order valence-electron chi connectivity index (χ0n) is 11.8. The van der Waals surface area contributed by atoms with Crippen LogP contribution in [0.1, 0.15) is 5.69 Å². The van der Waals surface area contributed by atoms with E-state index in [1.807, 2.05) is 24.3 Å². The van der Waals surface area contributed by atoms with Gasteiger partial charge in [0.25, 0.3) is 5.88 Å². The number of piperazine rings is 1. The Bertz CT molecular complexity index is 612. The van der Waals surface area contributed by atoms with Crippen molar-refractivity contribution in [2.75, 3.05) is 31.1 Å². The van der Waals surface area contributed by atoms with Crippen LogP contribution in [0.15, 0.2) is 30.6 Å². The number of rotatable bonds is 3. The van der Waals surface area contributed by atoms with Crippen molar-refractivity contribution in [1.82, 2.24) is 15.3 Å². The number of aryl methyl sites for hydroxylation is 1. The third kappa shape index (κ3) is 3.11. The number of nitrogens with one attached hydrogen (secondary N) is 1. The second-order valence-electron chi connectivity index (χ2n) is 4.91. The number of nitrogens with zero attached hydrogens (tertiary/aromatic N) is 3. The van der Waals surface area contributed by atoms with E-state index in [-0.39, 0.29) is 11.6 Å². The van der Waals surface area contributed by atoms with E-state index in [0.29, 0.717) is 5.75 Å². The molecule has 0 spiro atoms. The average Bonchev–Trinajstić information content (AvgIpc) is 2.53. The Balaban J connectivity index is 1.73. The Morgan fingerprint density at radius 3 is 2.57 bits per heavy atom. The molecule has 0 atom stereocenters. The molecule has 1 aliphatic heterocycles. The van der Waals surface area contributed by atoms with Gasteiger partial charge in [0, 0.05) is 31.9 Å². The molecule has 2 aromatic rings. The topological polar surface area (TPSA) is 50.3 Å². The lowest BCUT2D eigenvalue weighted by atomic mass is 10.2. The van der Waals surface area contributed by atoms with Crippen LogP contribution in [-0.4, -0.2) is 36.1 Å². The predicted molar refractivity (Wildman–Crippen MR) is 78.3 cm³/mol. The van der Waals surface area contributed by atoms with Crippen molar-refractivity contribution in [2.45, 2.75) is 6.92 Å². The average molecular weight is 288 g/mol. The van der Waals surface area contributed by atoms with Crippen molar-refractivity contribution in [2.24, 2.45) is 0 Å². The van der Waals surface area contributed by atoms with Crippen LogP contribution in [0.3, 0.4) is 0 Å². The summed E-state index contributed by atoms with van der Waals surface area (Å²) in [7, 11) is 0. The molecule has 0 radical (unpaired) electrons. The molecule has 1 saturated heterocycles. The van der Waals surface area contributed by atoms with E-state index in [0.717, 1.165) is 31.9 Å². The molecular weight excluding hydrogens is 271 g/mol. The maximum Gasteiger partial charge on any atom is 0.259 e. The highest BCUT2D eigenvalue weighted by Crippen LogP contribution is 2.25. The second kappa shape index (κ2) is 6.05. The molecule has 1 N–H and O–H groups in total. The highest BCUT2D eigenvalue weighted by molar-refractivity contribution is 5.49. The number of benzene rings is 1. The molecule has 3 rings (SSSR count). The van der Waals surface area contributed by atoms with Crippen molar-refractivity contribution in [1.29, 1.82) is 0 Å². The summed E-state index contributed by atoms with van der Waals surface area (Å²) in [5.41, 5.74) is 1.42. The van der Waals surface area contributed by atoms with Gasteiger partial charge in [-0.3, -0.25) is 0 Å². The first-order chi connectivity index (χ1) is 10.2. The highest BCUT2D eigenvalue weighted by Gasteiger charge is 2.12. The number of ether oxygens (including phenoxy) is 1. The van der Waals surface area contributed by atoms with E-state index in [2.05, 4.69) is 20.2 Å². The molecule has 6 heteroatoms. The van der Waals surface area contributed by atoms with Crippen molar-refractivity contribution in [3.05, 3.63) is 42.1 Å². The molecule has 1 aromatic carbocycles. The van der Waals surface area contributed by atoms with Gasteiger partial charge < -0.3 is 15.0 Å². The van der Waals surface area contributed by atoms with Crippen LogP contribution in [0.5, 0.6) is 11.6 Å². The largest absolute Gasteiger partial charge is 0.436 e. The molecule has 0 bridgehead atoms. The lowest BCUT2D eigenvalue weighted by molar-refractivity contribution is 0.416. The van der Waals surface area contributed by atoms with Crippen molar-refractivity contribution < 1.29 is 9.13 Å². The number of halogens is 1. The summed E-state index contributed by atoms with van der Waals surface area (Å²) < 4.78 is 19.3. The molecule has 1 fully saturated rings. The number of aromatic nitrogens is 2. The fraction of sp³-hybridized carbons (Fsp3) is 0.333. The van der Waals surface area contributed by atoms with Crippen LogP contribution in [0.2, 0.25) is 0 Å². The van der Waals surface area contributed by atoms with Gasteiger partial charge in [-0.15, -0.1) is 0 Å². The highest BCUT2D eigenvalue weighted by atomic mass is 19.1. The van der Waals surface area contributed by atoms with Gasteiger partial charge in [0.2, 0.25) is 5.82 Å². The molecular formula is C15H17FN4O.